The summed E-state index contributed by atoms with van der Waals surface area (Å²) in [4.78, 5) is 9.28. The minimum absolute atomic E-state index is 0.286. The Kier molecular flexibility index (Phi) is 4.65. The molecule has 1 fully saturated rings. The number of nitrogen functional groups attached to an aromatic ring is 1. The van der Waals surface area contributed by atoms with Gasteiger partial charge in [0.05, 0.1) is 17.1 Å². The monoisotopic (exact) mass is 443 g/mol. The Morgan fingerprint density at radius 2 is 1.78 bits per heavy atom. The van der Waals surface area contributed by atoms with Gasteiger partial charge >= 0.3 is 6.36 Å². The molecule has 3 heterocycles. The van der Waals surface area contributed by atoms with E-state index >= 15 is 0 Å². The summed E-state index contributed by atoms with van der Waals surface area (Å²) in [5, 5.41) is 3.03. The Morgan fingerprint density at radius 1 is 1.03 bits per heavy atom. The van der Waals surface area contributed by atoms with Gasteiger partial charge in [0, 0.05) is 29.6 Å². The minimum atomic E-state index is -4.76. The third-order valence-electron chi connectivity index (χ3n) is 5.02. The highest BCUT2D eigenvalue weighted by Crippen LogP contribution is 2.44. The molecular weight excluding hydrogens is 426 g/mol. The molecule has 1 saturated carbocycles. The number of nitrogens with two attached hydrogens (primary N) is 1. The SMILES string of the molecule is Nc1cc(Nc2ccc(OC(F)(F)F)cc2)nc(-c2c(C3CC3)nc3ccc(F)cn23)c1. The number of fused-ring (bicyclic) bond motifs is 1. The van der Waals surface area contributed by atoms with Crippen molar-refractivity contribution >= 4 is 22.8 Å². The first-order valence-electron chi connectivity index (χ1n) is 9.83. The second-order valence-corrected chi connectivity index (χ2v) is 7.56. The number of nitrogens with one attached hydrogen (secondary N) is 1. The van der Waals surface area contributed by atoms with Crippen LogP contribution in [0.15, 0.2) is 54.7 Å². The molecule has 0 amide bonds. The molecule has 0 radical (unpaired) electrons. The van der Waals surface area contributed by atoms with Crippen molar-refractivity contribution in [2.24, 2.45) is 0 Å². The summed E-state index contributed by atoms with van der Waals surface area (Å²) >= 11 is 0. The molecule has 1 aromatic carbocycles. The van der Waals surface area contributed by atoms with Gasteiger partial charge in [-0.2, -0.15) is 0 Å². The number of alkyl halides is 3. The molecule has 0 saturated heterocycles. The van der Waals surface area contributed by atoms with E-state index < -0.39 is 12.2 Å². The molecule has 10 heteroatoms. The third-order valence-corrected chi connectivity index (χ3v) is 5.02. The van der Waals surface area contributed by atoms with Crippen LogP contribution in [0.4, 0.5) is 34.8 Å². The number of benzene rings is 1. The molecule has 4 aromatic rings. The lowest BCUT2D eigenvalue weighted by atomic mass is 10.1. The van der Waals surface area contributed by atoms with E-state index in [-0.39, 0.29) is 11.7 Å². The zero-order valence-corrected chi connectivity index (χ0v) is 16.5. The number of halogens is 4. The number of aromatic nitrogens is 3. The Balaban J connectivity index is 1.50. The van der Waals surface area contributed by atoms with Gasteiger partial charge < -0.3 is 15.8 Å². The van der Waals surface area contributed by atoms with Gasteiger partial charge in [-0.25, -0.2) is 14.4 Å². The highest BCUT2D eigenvalue weighted by atomic mass is 19.4. The molecular formula is C22H17F4N5O. The molecule has 1 aliphatic rings. The van der Waals surface area contributed by atoms with E-state index in [1.807, 2.05) is 0 Å². The van der Waals surface area contributed by atoms with Crippen LogP contribution in [0.1, 0.15) is 24.5 Å². The maximum atomic E-state index is 14.0. The van der Waals surface area contributed by atoms with E-state index in [0.29, 0.717) is 34.2 Å². The van der Waals surface area contributed by atoms with Gasteiger partial charge in [0.1, 0.15) is 23.0 Å². The van der Waals surface area contributed by atoms with Gasteiger partial charge in [-0.05, 0) is 55.3 Å². The van der Waals surface area contributed by atoms with Crippen LogP contribution >= 0.6 is 0 Å². The number of imidazole rings is 1. The number of hydrogen-bond donors (Lipinski definition) is 2. The highest BCUT2D eigenvalue weighted by Gasteiger charge is 2.32. The average molecular weight is 443 g/mol. The lowest BCUT2D eigenvalue weighted by Gasteiger charge is -2.12. The van der Waals surface area contributed by atoms with E-state index in [9.17, 15) is 17.6 Å². The van der Waals surface area contributed by atoms with Crippen molar-refractivity contribution in [3.63, 3.8) is 0 Å². The summed E-state index contributed by atoms with van der Waals surface area (Å²) in [6.07, 6.45) is -1.40. The van der Waals surface area contributed by atoms with Gasteiger partial charge in [-0.1, -0.05) is 0 Å². The van der Waals surface area contributed by atoms with Crippen molar-refractivity contribution in [2.45, 2.75) is 25.1 Å². The fourth-order valence-electron chi connectivity index (χ4n) is 3.56. The van der Waals surface area contributed by atoms with E-state index in [1.165, 1.54) is 36.5 Å². The van der Waals surface area contributed by atoms with Crippen LogP contribution in [0.25, 0.3) is 17.0 Å². The zero-order chi connectivity index (χ0) is 22.5. The lowest BCUT2D eigenvalue weighted by Crippen LogP contribution is -2.16. The van der Waals surface area contributed by atoms with Crippen molar-refractivity contribution in [1.82, 2.24) is 14.4 Å². The van der Waals surface area contributed by atoms with Gasteiger partial charge in [0.15, 0.2) is 0 Å². The lowest BCUT2D eigenvalue weighted by molar-refractivity contribution is -0.274. The van der Waals surface area contributed by atoms with Crippen LogP contribution in [-0.4, -0.2) is 20.7 Å². The van der Waals surface area contributed by atoms with Gasteiger partial charge in [-0.15, -0.1) is 13.2 Å². The smallest absolute Gasteiger partial charge is 0.406 e. The summed E-state index contributed by atoms with van der Waals surface area (Å²) in [5.74, 6) is -0.0561. The molecule has 6 nitrogen and oxygen atoms in total. The first-order chi connectivity index (χ1) is 15.2. The Hall–Kier alpha value is -3.82. The quantitative estimate of drug-likeness (QED) is 0.391. The van der Waals surface area contributed by atoms with Crippen LogP contribution in [-0.2, 0) is 0 Å². The molecule has 0 atom stereocenters. The van der Waals surface area contributed by atoms with Crippen LogP contribution in [0, 0.1) is 5.82 Å². The molecule has 3 N–H and O–H groups in total. The van der Waals surface area contributed by atoms with Crippen molar-refractivity contribution in [1.29, 1.82) is 0 Å². The zero-order valence-electron chi connectivity index (χ0n) is 16.5. The maximum Gasteiger partial charge on any atom is 0.573 e. The van der Waals surface area contributed by atoms with Crippen molar-refractivity contribution < 1.29 is 22.3 Å². The Morgan fingerprint density at radius 3 is 2.47 bits per heavy atom. The van der Waals surface area contributed by atoms with Crippen molar-refractivity contribution in [2.75, 3.05) is 11.1 Å². The van der Waals surface area contributed by atoms with Crippen LogP contribution in [0.2, 0.25) is 0 Å². The fraction of sp³-hybridized carbons (Fsp3) is 0.182. The molecule has 164 valence electrons. The normalized spacial score (nSPS) is 14.0. The van der Waals surface area contributed by atoms with Crippen LogP contribution < -0.4 is 15.8 Å². The molecule has 0 unspecified atom stereocenters. The van der Waals surface area contributed by atoms with E-state index in [2.05, 4.69) is 20.0 Å². The van der Waals surface area contributed by atoms with Crippen LogP contribution in [0.5, 0.6) is 5.75 Å². The van der Waals surface area contributed by atoms with E-state index in [1.54, 1.807) is 22.6 Å². The molecule has 0 bridgehead atoms. The topological polar surface area (TPSA) is 77.5 Å². The predicted octanol–water partition coefficient (Wildman–Crippen LogP) is 5.64. The summed E-state index contributed by atoms with van der Waals surface area (Å²) in [7, 11) is 0. The van der Waals surface area contributed by atoms with Crippen molar-refractivity contribution in [3.05, 3.63) is 66.2 Å². The standard InChI is InChI=1S/C22H17F4N5O/c23-13-3-8-19-30-20(12-1-2-12)21(31(19)11-13)17-9-14(27)10-18(29-17)28-15-4-6-16(7-5-15)32-22(24,25)26/h3-12H,1-2H2,(H3,27,28,29). The minimum Gasteiger partial charge on any atom is -0.406 e. The molecule has 0 spiro atoms. The fourth-order valence-corrected chi connectivity index (χ4v) is 3.56. The largest absolute Gasteiger partial charge is 0.573 e. The number of pyridine rings is 2. The molecule has 0 aliphatic heterocycles. The number of nitrogens with zero attached hydrogens (tertiary/aromatic N) is 3. The van der Waals surface area contributed by atoms with Gasteiger partial charge in [0.2, 0.25) is 0 Å². The first kappa shape index (κ1) is 20.1. The second kappa shape index (κ2) is 7.40. The summed E-state index contributed by atoms with van der Waals surface area (Å²) in [6, 6.07) is 11.5. The maximum absolute atomic E-state index is 14.0. The molecule has 1 aliphatic carbocycles. The summed E-state index contributed by atoms with van der Waals surface area (Å²) < 4.78 is 56.5. The van der Waals surface area contributed by atoms with E-state index in [0.717, 1.165) is 18.5 Å². The number of hydrogen-bond acceptors (Lipinski definition) is 5. The molecule has 3 aromatic heterocycles. The predicted molar refractivity (Wildman–Crippen MR) is 111 cm³/mol. The van der Waals surface area contributed by atoms with E-state index in [4.69, 9.17) is 5.73 Å². The Labute approximate surface area is 179 Å². The first-order valence-corrected chi connectivity index (χ1v) is 9.83. The number of anilines is 3. The summed E-state index contributed by atoms with van der Waals surface area (Å²) in [5.41, 5.74) is 9.66. The Bertz CT molecular complexity index is 1300. The second-order valence-electron chi connectivity index (χ2n) is 7.56. The number of rotatable bonds is 5. The summed E-state index contributed by atoms with van der Waals surface area (Å²) in [6.45, 7) is 0. The van der Waals surface area contributed by atoms with Gasteiger partial charge in [-0.3, -0.25) is 4.40 Å². The van der Waals surface area contributed by atoms with Gasteiger partial charge in [0.25, 0.3) is 0 Å². The number of ether oxygens (including phenoxy) is 1. The molecule has 32 heavy (non-hydrogen) atoms. The third kappa shape index (κ3) is 4.16. The van der Waals surface area contributed by atoms with Crippen molar-refractivity contribution in [3.8, 4) is 17.1 Å². The average Bonchev–Trinajstić information content (AvgIpc) is 3.48. The molecule has 5 rings (SSSR count). The highest BCUT2D eigenvalue weighted by molar-refractivity contribution is 5.72. The van der Waals surface area contributed by atoms with Crippen LogP contribution in [0.3, 0.4) is 0 Å².